The van der Waals surface area contributed by atoms with E-state index in [0.717, 1.165) is 35.3 Å². The molecular formula is C16H12ClN3O. The summed E-state index contributed by atoms with van der Waals surface area (Å²) in [6, 6.07) is 11.3. The van der Waals surface area contributed by atoms with Gasteiger partial charge in [-0.05, 0) is 37.1 Å². The number of hydrogen-bond donors (Lipinski definition) is 0. The third-order valence-corrected chi connectivity index (χ3v) is 3.65. The summed E-state index contributed by atoms with van der Waals surface area (Å²) < 4.78 is 5.92. The molecule has 1 saturated carbocycles. The van der Waals surface area contributed by atoms with Crippen molar-refractivity contribution in [1.29, 1.82) is 0 Å². The second-order valence-electron chi connectivity index (χ2n) is 5.09. The zero-order valence-corrected chi connectivity index (χ0v) is 11.9. The molecular weight excluding hydrogens is 286 g/mol. The van der Waals surface area contributed by atoms with Crippen LogP contribution < -0.4 is 4.74 Å². The Morgan fingerprint density at radius 3 is 2.86 bits per heavy atom. The van der Waals surface area contributed by atoms with Crippen LogP contribution in [0.4, 0.5) is 0 Å². The van der Waals surface area contributed by atoms with Gasteiger partial charge in [0.05, 0.1) is 5.52 Å². The summed E-state index contributed by atoms with van der Waals surface area (Å²) in [5.74, 6) is 2.40. The molecule has 3 aromatic rings. The number of nitrogens with zero attached hydrogens (tertiary/aromatic N) is 3. The van der Waals surface area contributed by atoms with E-state index in [0.29, 0.717) is 17.0 Å². The Hall–Kier alpha value is -2.20. The molecule has 0 saturated heterocycles. The van der Waals surface area contributed by atoms with Gasteiger partial charge in [-0.15, -0.1) is 0 Å². The SMILES string of the molecule is Clc1cc(Oc2cccc3ncccc23)nc(C2CC2)n1. The van der Waals surface area contributed by atoms with E-state index in [1.54, 1.807) is 12.3 Å². The van der Waals surface area contributed by atoms with Crippen molar-refractivity contribution in [3.05, 3.63) is 53.6 Å². The smallest absolute Gasteiger partial charge is 0.224 e. The monoisotopic (exact) mass is 297 g/mol. The lowest BCUT2D eigenvalue weighted by atomic mass is 10.2. The van der Waals surface area contributed by atoms with Crippen LogP contribution in [-0.2, 0) is 0 Å². The molecule has 4 nitrogen and oxygen atoms in total. The number of ether oxygens (including phenoxy) is 1. The van der Waals surface area contributed by atoms with E-state index < -0.39 is 0 Å². The summed E-state index contributed by atoms with van der Waals surface area (Å²) >= 11 is 6.06. The molecule has 4 rings (SSSR count). The van der Waals surface area contributed by atoms with E-state index in [1.165, 1.54) is 0 Å². The number of fused-ring (bicyclic) bond motifs is 1. The van der Waals surface area contributed by atoms with Crippen LogP contribution in [0.2, 0.25) is 5.15 Å². The lowest BCUT2D eigenvalue weighted by molar-refractivity contribution is 0.463. The minimum atomic E-state index is 0.417. The van der Waals surface area contributed by atoms with Crippen LogP contribution in [0.25, 0.3) is 10.9 Å². The van der Waals surface area contributed by atoms with Gasteiger partial charge in [-0.25, -0.2) is 4.98 Å². The minimum absolute atomic E-state index is 0.417. The first-order valence-corrected chi connectivity index (χ1v) is 7.23. The molecule has 0 aliphatic heterocycles. The van der Waals surface area contributed by atoms with Crippen molar-refractivity contribution in [3.8, 4) is 11.6 Å². The topological polar surface area (TPSA) is 47.9 Å². The van der Waals surface area contributed by atoms with Gasteiger partial charge in [0.1, 0.15) is 16.7 Å². The van der Waals surface area contributed by atoms with Crippen LogP contribution in [0.15, 0.2) is 42.6 Å². The maximum absolute atomic E-state index is 6.06. The molecule has 5 heteroatoms. The Balaban J connectivity index is 1.74. The number of halogens is 1. The van der Waals surface area contributed by atoms with Gasteiger partial charge in [0.15, 0.2) is 0 Å². The van der Waals surface area contributed by atoms with Crippen molar-refractivity contribution >= 4 is 22.5 Å². The quantitative estimate of drug-likeness (QED) is 0.674. The first-order chi connectivity index (χ1) is 10.3. The van der Waals surface area contributed by atoms with Crippen molar-refractivity contribution in [2.45, 2.75) is 18.8 Å². The minimum Gasteiger partial charge on any atom is -0.438 e. The average molecular weight is 298 g/mol. The second-order valence-corrected chi connectivity index (χ2v) is 5.48. The molecule has 0 amide bonds. The van der Waals surface area contributed by atoms with E-state index >= 15 is 0 Å². The highest BCUT2D eigenvalue weighted by atomic mass is 35.5. The molecule has 0 N–H and O–H groups in total. The lowest BCUT2D eigenvalue weighted by Crippen LogP contribution is -1.96. The molecule has 1 aromatic carbocycles. The van der Waals surface area contributed by atoms with Gasteiger partial charge in [-0.1, -0.05) is 17.7 Å². The Morgan fingerprint density at radius 2 is 2.00 bits per heavy atom. The zero-order valence-electron chi connectivity index (χ0n) is 11.2. The Labute approximate surface area is 126 Å². The predicted octanol–water partition coefficient (Wildman–Crippen LogP) is 4.35. The molecule has 1 fully saturated rings. The molecule has 0 unspecified atom stereocenters. The van der Waals surface area contributed by atoms with Crippen molar-refractivity contribution in [1.82, 2.24) is 15.0 Å². The standard InChI is InChI=1S/C16H12ClN3O/c17-14-9-15(20-16(19-14)10-6-7-10)21-13-5-1-4-12-11(13)3-2-8-18-12/h1-5,8-10H,6-7H2. The molecule has 0 atom stereocenters. The van der Waals surface area contributed by atoms with Crippen LogP contribution in [0, 0.1) is 0 Å². The average Bonchev–Trinajstić information content (AvgIpc) is 3.32. The number of aromatic nitrogens is 3. The molecule has 2 aromatic heterocycles. The Bertz CT molecular complexity index is 812. The first-order valence-electron chi connectivity index (χ1n) is 6.86. The highest BCUT2D eigenvalue weighted by Gasteiger charge is 2.27. The van der Waals surface area contributed by atoms with E-state index in [2.05, 4.69) is 15.0 Å². The maximum atomic E-state index is 6.06. The van der Waals surface area contributed by atoms with Gasteiger partial charge < -0.3 is 4.74 Å². The number of hydrogen-bond acceptors (Lipinski definition) is 4. The summed E-state index contributed by atoms with van der Waals surface area (Å²) in [5.41, 5.74) is 0.887. The molecule has 2 heterocycles. The fraction of sp³-hybridized carbons (Fsp3) is 0.188. The van der Waals surface area contributed by atoms with Crippen LogP contribution in [0.5, 0.6) is 11.6 Å². The van der Waals surface area contributed by atoms with E-state index in [4.69, 9.17) is 16.3 Å². The molecule has 1 aliphatic rings. The van der Waals surface area contributed by atoms with Gasteiger partial charge in [0.2, 0.25) is 5.88 Å². The fourth-order valence-electron chi connectivity index (χ4n) is 2.27. The third-order valence-electron chi connectivity index (χ3n) is 3.45. The van der Waals surface area contributed by atoms with Crippen LogP contribution in [0.3, 0.4) is 0 Å². The van der Waals surface area contributed by atoms with Crippen molar-refractivity contribution in [3.63, 3.8) is 0 Å². The van der Waals surface area contributed by atoms with Crippen LogP contribution in [0.1, 0.15) is 24.6 Å². The molecule has 0 radical (unpaired) electrons. The second kappa shape index (κ2) is 4.97. The Kier molecular flexibility index (Phi) is 2.97. The molecule has 21 heavy (non-hydrogen) atoms. The number of benzene rings is 1. The lowest BCUT2D eigenvalue weighted by Gasteiger charge is -2.09. The van der Waals surface area contributed by atoms with Crippen LogP contribution >= 0.6 is 11.6 Å². The van der Waals surface area contributed by atoms with Crippen LogP contribution in [-0.4, -0.2) is 15.0 Å². The van der Waals surface area contributed by atoms with E-state index in [9.17, 15) is 0 Å². The molecule has 104 valence electrons. The van der Waals surface area contributed by atoms with E-state index in [-0.39, 0.29) is 0 Å². The van der Waals surface area contributed by atoms with Crippen molar-refractivity contribution < 1.29 is 4.74 Å². The van der Waals surface area contributed by atoms with Gasteiger partial charge in [-0.2, -0.15) is 4.98 Å². The summed E-state index contributed by atoms with van der Waals surface area (Å²) in [6.45, 7) is 0. The van der Waals surface area contributed by atoms with Crippen molar-refractivity contribution in [2.75, 3.05) is 0 Å². The summed E-state index contributed by atoms with van der Waals surface area (Å²) in [5, 5.41) is 1.36. The highest BCUT2D eigenvalue weighted by Crippen LogP contribution is 2.39. The molecule has 1 aliphatic carbocycles. The van der Waals surface area contributed by atoms with Gasteiger partial charge in [0.25, 0.3) is 0 Å². The van der Waals surface area contributed by atoms with Crippen molar-refractivity contribution in [2.24, 2.45) is 0 Å². The summed E-state index contributed by atoms with van der Waals surface area (Å²) in [6.07, 6.45) is 4.01. The summed E-state index contributed by atoms with van der Waals surface area (Å²) in [4.78, 5) is 13.0. The van der Waals surface area contributed by atoms with Gasteiger partial charge in [-0.3, -0.25) is 4.98 Å². The number of rotatable bonds is 3. The molecule has 0 spiro atoms. The zero-order chi connectivity index (χ0) is 14.2. The summed E-state index contributed by atoms with van der Waals surface area (Å²) in [7, 11) is 0. The largest absolute Gasteiger partial charge is 0.438 e. The fourth-order valence-corrected chi connectivity index (χ4v) is 2.45. The van der Waals surface area contributed by atoms with Gasteiger partial charge in [0, 0.05) is 23.6 Å². The third kappa shape index (κ3) is 2.54. The molecule has 0 bridgehead atoms. The highest BCUT2D eigenvalue weighted by molar-refractivity contribution is 6.29. The predicted molar refractivity (Wildman–Crippen MR) is 80.8 cm³/mol. The Morgan fingerprint density at radius 1 is 1.10 bits per heavy atom. The normalized spacial score (nSPS) is 14.3. The van der Waals surface area contributed by atoms with E-state index in [1.807, 2.05) is 30.3 Å². The number of pyridine rings is 1. The first kappa shape index (κ1) is 12.5. The van der Waals surface area contributed by atoms with Gasteiger partial charge >= 0.3 is 0 Å². The maximum Gasteiger partial charge on any atom is 0.224 e.